The molecule has 1 aromatic heterocycles. The third-order valence-electron chi connectivity index (χ3n) is 3.98. The number of amides is 1. The lowest BCUT2D eigenvalue weighted by Crippen LogP contribution is -2.23. The Morgan fingerprint density at radius 2 is 2.00 bits per heavy atom. The molecule has 0 radical (unpaired) electrons. The number of rotatable bonds is 8. The second kappa shape index (κ2) is 9.27. The summed E-state index contributed by atoms with van der Waals surface area (Å²) in [4.78, 5) is 26.5. The number of carbonyl (C=O) groups is 1. The highest BCUT2D eigenvalue weighted by atomic mass is 16.6. The molecule has 7 nitrogen and oxygen atoms in total. The third-order valence-corrected chi connectivity index (χ3v) is 3.98. The summed E-state index contributed by atoms with van der Waals surface area (Å²) in [5, 5.41) is 14.5. The van der Waals surface area contributed by atoms with E-state index in [1.807, 2.05) is 30.3 Å². The monoisotopic (exact) mass is 377 g/mol. The molecule has 1 N–H and O–H groups in total. The van der Waals surface area contributed by atoms with Gasteiger partial charge in [-0.3, -0.25) is 19.9 Å². The molecule has 7 heteroatoms. The van der Waals surface area contributed by atoms with Crippen LogP contribution >= 0.6 is 0 Å². The zero-order valence-corrected chi connectivity index (χ0v) is 15.1. The normalized spacial score (nSPS) is 10.9. The van der Waals surface area contributed by atoms with Crippen molar-refractivity contribution in [2.24, 2.45) is 0 Å². The number of nitro groups is 1. The molecule has 0 fully saturated rings. The maximum Gasteiger partial charge on any atom is 0.270 e. The van der Waals surface area contributed by atoms with E-state index in [1.165, 1.54) is 18.2 Å². The lowest BCUT2D eigenvalue weighted by Gasteiger charge is -2.08. The first-order valence-corrected chi connectivity index (χ1v) is 8.80. The molecule has 1 amide bonds. The van der Waals surface area contributed by atoms with Gasteiger partial charge < -0.3 is 10.1 Å². The van der Waals surface area contributed by atoms with Crippen molar-refractivity contribution >= 4 is 28.6 Å². The van der Waals surface area contributed by atoms with Gasteiger partial charge in [0.2, 0.25) is 5.91 Å². The van der Waals surface area contributed by atoms with Gasteiger partial charge in [0.05, 0.1) is 11.5 Å². The fourth-order valence-corrected chi connectivity index (χ4v) is 2.63. The van der Waals surface area contributed by atoms with Crippen LogP contribution in [0.1, 0.15) is 12.0 Å². The van der Waals surface area contributed by atoms with Crippen molar-refractivity contribution in [1.29, 1.82) is 0 Å². The molecule has 0 saturated carbocycles. The first kappa shape index (κ1) is 19.0. The number of fused-ring (bicyclic) bond motifs is 1. The molecular weight excluding hydrogens is 358 g/mol. The smallest absolute Gasteiger partial charge is 0.270 e. The molecule has 3 aromatic rings. The molecule has 0 aliphatic heterocycles. The van der Waals surface area contributed by atoms with E-state index in [2.05, 4.69) is 10.3 Å². The molecule has 3 rings (SSSR count). The van der Waals surface area contributed by atoms with Gasteiger partial charge in [0, 0.05) is 36.3 Å². The highest BCUT2D eigenvalue weighted by Gasteiger charge is 2.05. The van der Waals surface area contributed by atoms with Crippen molar-refractivity contribution in [3.05, 3.63) is 82.5 Å². The average Bonchev–Trinajstić information content (AvgIpc) is 2.72. The van der Waals surface area contributed by atoms with Crippen LogP contribution in [0.2, 0.25) is 0 Å². The highest BCUT2D eigenvalue weighted by molar-refractivity contribution is 5.91. The molecule has 2 aromatic carbocycles. The number of non-ortho nitro benzene ring substituents is 1. The number of hydrogen-bond donors (Lipinski definition) is 1. The Labute approximate surface area is 161 Å². The maximum absolute atomic E-state index is 11.9. The van der Waals surface area contributed by atoms with Gasteiger partial charge in [-0.1, -0.05) is 30.3 Å². The summed E-state index contributed by atoms with van der Waals surface area (Å²) in [6.07, 6.45) is 5.26. The Morgan fingerprint density at radius 3 is 2.86 bits per heavy atom. The van der Waals surface area contributed by atoms with E-state index >= 15 is 0 Å². The Kier molecular flexibility index (Phi) is 6.30. The fourth-order valence-electron chi connectivity index (χ4n) is 2.63. The van der Waals surface area contributed by atoms with E-state index in [4.69, 9.17) is 4.74 Å². The minimum absolute atomic E-state index is 0.0115. The number of para-hydroxylation sites is 1. The molecule has 0 spiro atoms. The van der Waals surface area contributed by atoms with Gasteiger partial charge in [0.15, 0.2) is 0 Å². The van der Waals surface area contributed by atoms with Crippen molar-refractivity contribution in [3.8, 4) is 5.75 Å². The van der Waals surface area contributed by atoms with Crippen molar-refractivity contribution in [2.45, 2.75) is 6.42 Å². The average molecular weight is 377 g/mol. The summed E-state index contributed by atoms with van der Waals surface area (Å²) in [5.41, 5.74) is 1.40. The van der Waals surface area contributed by atoms with Crippen LogP contribution in [0.15, 0.2) is 66.9 Å². The number of hydrogen-bond acceptors (Lipinski definition) is 5. The van der Waals surface area contributed by atoms with Crippen LogP contribution in [0, 0.1) is 10.1 Å². The molecule has 28 heavy (non-hydrogen) atoms. The van der Waals surface area contributed by atoms with Crippen molar-refractivity contribution in [2.75, 3.05) is 13.2 Å². The summed E-state index contributed by atoms with van der Waals surface area (Å²) in [6.45, 7) is 0.904. The quantitative estimate of drug-likeness (QED) is 0.279. The summed E-state index contributed by atoms with van der Waals surface area (Å²) in [7, 11) is 0. The molecule has 0 atom stereocenters. The maximum atomic E-state index is 11.9. The van der Waals surface area contributed by atoms with Crippen LogP contribution in [-0.4, -0.2) is 29.0 Å². The SMILES string of the molecule is O=C(/C=C/c1cccc([N+](=O)[O-])c1)NCCCOc1cccc2cccnc12. The fraction of sp³-hybridized carbons (Fsp3) is 0.143. The highest BCUT2D eigenvalue weighted by Crippen LogP contribution is 2.22. The number of pyridine rings is 1. The number of aromatic nitrogens is 1. The largest absolute Gasteiger partial charge is 0.491 e. The van der Waals surface area contributed by atoms with Gasteiger partial charge in [-0.15, -0.1) is 0 Å². The Morgan fingerprint density at radius 1 is 1.18 bits per heavy atom. The summed E-state index contributed by atoms with van der Waals surface area (Å²) in [5.74, 6) is 0.452. The van der Waals surface area contributed by atoms with Crippen molar-refractivity contribution in [1.82, 2.24) is 10.3 Å². The first-order chi connectivity index (χ1) is 13.6. The van der Waals surface area contributed by atoms with Gasteiger partial charge in [-0.05, 0) is 30.2 Å². The van der Waals surface area contributed by atoms with E-state index in [9.17, 15) is 14.9 Å². The molecule has 142 valence electrons. The topological polar surface area (TPSA) is 94.4 Å². The predicted molar refractivity (Wildman–Crippen MR) is 107 cm³/mol. The molecule has 0 aliphatic carbocycles. The molecule has 0 bridgehead atoms. The number of benzene rings is 2. The van der Waals surface area contributed by atoms with E-state index in [0.717, 1.165) is 16.7 Å². The van der Waals surface area contributed by atoms with Crippen molar-refractivity contribution in [3.63, 3.8) is 0 Å². The van der Waals surface area contributed by atoms with E-state index < -0.39 is 4.92 Å². The standard InChI is InChI=1S/C21H19N3O4/c25-20(11-10-16-5-1-8-18(15-16)24(26)27)22-13-4-14-28-19-9-2-6-17-7-3-12-23-21(17)19/h1-3,5-12,15H,4,13-14H2,(H,22,25)/b11-10+. The third kappa shape index (κ3) is 5.14. The van der Waals surface area contributed by atoms with Crippen LogP contribution in [0.5, 0.6) is 5.75 Å². The van der Waals surface area contributed by atoms with Crippen LogP contribution in [0.4, 0.5) is 5.69 Å². The molecule has 1 heterocycles. The first-order valence-electron chi connectivity index (χ1n) is 8.80. The number of nitrogens with zero attached hydrogens (tertiary/aromatic N) is 2. The zero-order chi connectivity index (χ0) is 19.8. The van der Waals surface area contributed by atoms with Crippen LogP contribution in [0.3, 0.4) is 0 Å². The minimum Gasteiger partial charge on any atom is -0.491 e. The van der Waals surface area contributed by atoms with E-state index in [0.29, 0.717) is 25.1 Å². The van der Waals surface area contributed by atoms with Crippen LogP contribution < -0.4 is 10.1 Å². The predicted octanol–water partition coefficient (Wildman–Crippen LogP) is 3.74. The molecule has 0 saturated heterocycles. The second-order valence-corrected chi connectivity index (χ2v) is 6.01. The van der Waals surface area contributed by atoms with Gasteiger partial charge in [-0.25, -0.2) is 0 Å². The zero-order valence-electron chi connectivity index (χ0n) is 15.1. The van der Waals surface area contributed by atoms with Crippen molar-refractivity contribution < 1.29 is 14.5 Å². The van der Waals surface area contributed by atoms with Crippen LogP contribution in [0.25, 0.3) is 17.0 Å². The van der Waals surface area contributed by atoms with Crippen LogP contribution in [-0.2, 0) is 4.79 Å². The number of carbonyl (C=O) groups excluding carboxylic acids is 1. The van der Waals surface area contributed by atoms with Gasteiger partial charge in [0.1, 0.15) is 11.3 Å². The van der Waals surface area contributed by atoms with E-state index in [-0.39, 0.29) is 11.6 Å². The Bertz CT molecular complexity index is 1010. The Hall–Kier alpha value is -3.74. The number of nitro benzene ring substituents is 1. The molecule has 0 unspecified atom stereocenters. The second-order valence-electron chi connectivity index (χ2n) is 6.01. The Balaban J connectivity index is 1.43. The number of nitrogens with one attached hydrogen (secondary N) is 1. The van der Waals surface area contributed by atoms with E-state index in [1.54, 1.807) is 24.4 Å². The number of ether oxygens (including phenoxy) is 1. The van der Waals surface area contributed by atoms with Gasteiger partial charge in [-0.2, -0.15) is 0 Å². The molecule has 0 aliphatic rings. The summed E-state index contributed by atoms with van der Waals surface area (Å²) >= 11 is 0. The van der Waals surface area contributed by atoms with Gasteiger partial charge in [0.25, 0.3) is 5.69 Å². The summed E-state index contributed by atoms with van der Waals surface area (Å²) < 4.78 is 5.77. The lowest BCUT2D eigenvalue weighted by molar-refractivity contribution is -0.384. The minimum atomic E-state index is -0.469. The molecular formula is C21H19N3O4. The summed E-state index contributed by atoms with van der Waals surface area (Å²) in [6, 6.07) is 15.7. The lowest BCUT2D eigenvalue weighted by atomic mass is 10.2. The van der Waals surface area contributed by atoms with Gasteiger partial charge >= 0.3 is 0 Å².